The van der Waals surface area contributed by atoms with Gasteiger partial charge in [0.15, 0.2) is 0 Å². The third kappa shape index (κ3) is 2.40. The quantitative estimate of drug-likeness (QED) is 0.738. The molecule has 0 heterocycles. The van der Waals surface area contributed by atoms with Crippen molar-refractivity contribution in [1.82, 2.24) is 0 Å². The summed E-state index contributed by atoms with van der Waals surface area (Å²) in [6.07, 6.45) is 0. The number of hydrogen-bond donors (Lipinski definition) is 0. The Balaban J connectivity index is 3.06. The Hall–Kier alpha value is -1.38. The number of rotatable bonds is 3. The van der Waals surface area contributed by atoms with Gasteiger partial charge < -0.3 is 4.74 Å². The van der Waals surface area contributed by atoms with Crippen LogP contribution >= 0.6 is 0 Å². The van der Waals surface area contributed by atoms with Crippen molar-refractivity contribution >= 4 is 5.97 Å². The Labute approximate surface area is 95.4 Å². The molecule has 1 aromatic rings. The number of carbonyl (C=O) groups excluding carboxylic acids is 1. The maximum absolute atomic E-state index is 13.4. The van der Waals surface area contributed by atoms with Crippen molar-refractivity contribution in [1.29, 1.82) is 0 Å². The number of benzene rings is 1. The molecule has 1 aromatic carbocycles. The largest absolute Gasteiger partial charge is 0.465 e. The Bertz CT molecular complexity index is 397. The summed E-state index contributed by atoms with van der Waals surface area (Å²) in [5, 5.41) is 0. The van der Waals surface area contributed by atoms with Crippen LogP contribution < -0.4 is 0 Å². The number of ether oxygens (including phenoxy) is 1. The third-order valence-corrected chi connectivity index (χ3v) is 2.68. The summed E-state index contributed by atoms with van der Waals surface area (Å²) in [7, 11) is 0. The van der Waals surface area contributed by atoms with E-state index in [9.17, 15) is 9.18 Å². The molecule has 0 radical (unpaired) electrons. The predicted molar refractivity (Wildman–Crippen MR) is 60.8 cm³/mol. The summed E-state index contributed by atoms with van der Waals surface area (Å²) in [6.45, 7) is 7.24. The van der Waals surface area contributed by atoms with Crippen LogP contribution in [-0.2, 0) is 14.9 Å². The summed E-state index contributed by atoms with van der Waals surface area (Å²) in [5.41, 5.74) is 0.391. The molecular weight excluding hydrogens is 207 g/mol. The molecule has 0 atom stereocenters. The van der Waals surface area contributed by atoms with Crippen molar-refractivity contribution in [3.63, 3.8) is 0 Å². The first-order valence-corrected chi connectivity index (χ1v) is 5.33. The van der Waals surface area contributed by atoms with Crippen LogP contribution in [0.2, 0.25) is 0 Å². The molecule has 0 bridgehead atoms. The first-order chi connectivity index (χ1) is 7.39. The lowest BCUT2D eigenvalue weighted by molar-refractivity contribution is -0.148. The fourth-order valence-electron chi connectivity index (χ4n) is 1.41. The molecule has 0 spiro atoms. The number of hydrogen-bond acceptors (Lipinski definition) is 2. The molecule has 0 aliphatic carbocycles. The van der Waals surface area contributed by atoms with Crippen molar-refractivity contribution < 1.29 is 13.9 Å². The van der Waals surface area contributed by atoms with E-state index in [4.69, 9.17) is 4.74 Å². The standard InChI is InChI=1S/C13H17FO2/c1-5-16-12(15)13(3,4)10-7-6-9(2)11(14)8-10/h6-8H,5H2,1-4H3. The highest BCUT2D eigenvalue weighted by atomic mass is 19.1. The molecule has 88 valence electrons. The maximum Gasteiger partial charge on any atom is 0.315 e. The van der Waals surface area contributed by atoms with E-state index in [1.54, 1.807) is 39.8 Å². The van der Waals surface area contributed by atoms with Gasteiger partial charge in [0.05, 0.1) is 12.0 Å². The van der Waals surface area contributed by atoms with Crippen LogP contribution in [0, 0.1) is 12.7 Å². The summed E-state index contributed by atoms with van der Waals surface area (Å²) < 4.78 is 18.4. The van der Waals surface area contributed by atoms with Gasteiger partial charge in [0.1, 0.15) is 5.82 Å². The van der Waals surface area contributed by atoms with Crippen molar-refractivity contribution in [2.75, 3.05) is 6.61 Å². The van der Waals surface area contributed by atoms with E-state index in [2.05, 4.69) is 0 Å². The maximum atomic E-state index is 13.4. The van der Waals surface area contributed by atoms with Crippen LogP contribution in [0.3, 0.4) is 0 Å². The second-order valence-corrected chi connectivity index (χ2v) is 4.31. The van der Waals surface area contributed by atoms with E-state index in [0.29, 0.717) is 17.7 Å². The Morgan fingerprint density at radius 2 is 2.06 bits per heavy atom. The smallest absolute Gasteiger partial charge is 0.315 e. The average molecular weight is 224 g/mol. The molecule has 1 rings (SSSR count). The predicted octanol–water partition coefficient (Wildman–Crippen LogP) is 2.97. The minimum atomic E-state index is -0.815. The molecule has 0 amide bonds. The van der Waals surface area contributed by atoms with Crippen LogP contribution in [0.4, 0.5) is 4.39 Å². The monoisotopic (exact) mass is 224 g/mol. The molecule has 0 saturated carbocycles. The van der Waals surface area contributed by atoms with E-state index in [1.807, 2.05) is 0 Å². The first kappa shape index (κ1) is 12.7. The van der Waals surface area contributed by atoms with Crippen molar-refractivity contribution in [3.8, 4) is 0 Å². The van der Waals surface area contributed by atoms with Crippen LogP contribution in [0.15, 0.2) is 18.2 Å². The number of halogens is 1. The van der Waals surface area contributed by atoms with Crippen LogP contribution in [-0.4, -0.2) is 12.6 Å². The molecule has 3 heteroatoms. The van der Waals surface area contributed by atoms with E-state index in [-0.39, 0.29) is 11.8 Å². The number of esters is 1. The Kier molecular flexibility index (Phi) is 3.68. The van der Waals surface area contributed by atoms with E-state index in [0.717, 1.165) is 0 Å². The molecule has 0 N–H and O–H groups in total. The molecule has 0 aromatic heterocycles. The van der Waals surface area contributed by atoms with Gasteiger partial charge in [0.2, 0.25) is 0 Å². The van der Waals surface area contributed by atoms with Crippen LogP contribution in [0.1, 0.15) is 31.9 Å². The van der Waals surface area contributed by atoms with Crippen LogP contribution in [0.25, 0.3) is 0 Å². The highest BCUT2D eigenvalue weighted by Crippen LogP contribution is 2.26. The zero-order valence-electron chi connectivity index (χ0n) is 10.1. The molecule has 16 heavy (non-hydrogen) atoms. The van der Waals surface area contributed by atoms with Crippen molar-refractivity contribution in [3.05, 3.63) is 35.1 Å². The minimum absolute atomic E-state index is 0.296. The fraction of sp³-hybridized carbons (Fsp3) is 0.462. The molecular formula is C13H17FO2. The van der Waals surface area contributed by atoms with Gasteiger partial charge in [-0.1, -0.05) is 12.1 Å². The van der Waals surface area contributed by atoms with E-state index < -0.39 is 5.41 Å². The van der Waals surface area contributed by atoms with E-state index >= 15 is 0 Å². The van der Waals surface area contributed by atoms with Crippen molar-refractivity contribution in [2.24, 2.45) is 0 Å². The van der Waals surface area contributed by atoms with Gasteiger partial charge in [-0.15, -0.1) is 0 Å². The third-order valence-electron chi connectivity index (χ3n) is 2.68. The van der Waals surface area contributed by atoms with Gasteiger partial charge >= 0.3 is 5.97 Å². The molecule has 0 saturated heterocycles. The Morgan fingerprint density at radius 3 is 2.56 bits per heavy atom. The Morgan fingerprint density at radius 1 is 1.44 bits per heavy atom. The second-order valence-electron chi connectivity index (χ2n) is 4.31. The van der Waals surface area contributed by atoms with Gasteiger partial charge in [-0.3, -0.25) is 4.79 Å². The SMILES string of the molecule is CCOC(=O)C(C)(C)c1ccc(C)c(F)c1. The number of aryl methyl sites for hydroxylation is 1. The summed E-state index contributed by atoms with van der Waals surface area (Å²) in [4.78, 5) is 11.7. The minimum Gasteiger partial charge on any atom is -0.465 e. The molecule has 0 aliphatic heterocycles. The van der Waals surface area contributed by atoms with Crippen molar-refractivity contribution in [2.45, 2.75) is 33.1 Å². The molecule has 0 fully saturated rings. The fourth-order valence-corrected chi connectivity index (χ4v) is 1.41. The molecule has 0 aliphatic rings. The molecule has 2 nitrogen and oxygen atoms in total. The van der Waals surface area contributed by atoms with Gasteiger partial charge in [-0.2, -0.15) is 0 Å². The lowest BCUT2D eigenvalue weighted by Gasteiger charge is -2.23. The van der Waals surface area contributed by atoms with Gasteiger partial charge in [0, 0.05) is 0 Å². The van der Waals surface area contributed by atoms with Crippen LogP contribution in [0.5, 0.6) is 0 Å². The lowest BCUT2D eigenvalue weighted by atomic mass is 9.84. The zero-order valence-corrected chi connectivity index (χ0v) is 10.1. The zero-order chi connectivity index (χ0) is 12.3. The van der Waals surface area contributed by atoms with Gasteiger partial charge in [-0.25, -0.2) is 4.39 Å². The van der Waals surface area contributed by atoms with Gasteiger partial charge in [0.25, 0.3) is 0 Å². The summed E-state index contributed by atoms with van der Waals surface area (Å²) >= 11 is 0. The average Bonchev–Trinajstić information content (AvgIpc) is 2.22. The normalized spacial score (nSPS) is 11.3. The highest BCUT2D eigenvalue weighted by molar-refractivity contribution is 5.82. The van der Waals surface area contributed by atoms with Gasteiger partial charge in [-0.05, 0) is 44.9 Å². The molecule has 0 unspecified atom stereocenters. The van der Waals surface area contributed by atoms with E-state index in [1.165, 1.54) is 6.07 Å². The first-order valence-electron chi connectivity index (χ1n) is 5.33. The number of carbonyl (C=O) groups is 1. The second kappa shape index (κ2) is 4.64. The topological polar surface area (TPSA) is 26.3 Å². The summed E-state index contributed by atoms with van der Waals surface area (Å²) in [6, 6.07) is 4.83. The highest BCUT2D eigenvalue weighted by Gasteiger charge is 2.31. The summed E-state index contributed by atoms with van der Waals surface area (Å²) in [5.74, 6) is -0.631. The lowest BCUT2D eigenvalue weighted by Crippen LogP contribution is -2.31.